The molecule has 19 heteroatoms. The van der Waals surface area contributed by atoms with Crippen molar-refractivity contribution in [1.29, 1.82) is 0 Å². The summed E-state index contributed by atoms with van der Waals surface area (Å²) in [6.07, 6.45) is -12.1. The molecule has 2 aliphatic heterocycles. The molecule has 4 heterocycles. The maximum Gasteiger partial charge on any atom is 0.359 e. The van der Waals surface area contributed by atoms with Crippen molar-refractivity contribution in [2.45, 2.75) is 54.9 Å². The number of nitrogens with two attached hydrogens (primary N) is 1. The van der Waals surface area contributed by atoms with Crippen LogP contribution in [0.3, 0.4) is 0 Å². The Kier molecular flexibility index (Phi) is 7.50. The van der Waals surface area contributed by atoms with E-state index in [1.165, 1.54) is 6.07 Å². The van der Waals surface area contributed by atoms with Gasteiger partial charge in [0.05, 0.1) is 6.61 Å². The standard InChI is InChI=1S/C18H24N5O13P/c19-7-1-3-22(17(30)20-7)15-11(28)12(6(5-24)34-15)36-37(32,33)16(29)13-9(26)10(27)14(35-13)23-4-2-8(25)21-18(23)31/h1-4,6,9-16,24,26-29H,5H2,(H,32,33)(H2,19,20,30)(H,21,25,31)/t6-,9+,10-,11-,12-,13+,14-,15-,16?/m1/s1. The lowest BCUT2D eigenvalue weighted by Gasteiger charge is -2.28. The van der Waals surface area contributed by atoms with E-state index >= 15 is 0 Å². The number of nitrogen functional groups attached to an aromatic ring is 1. The van der Waals surface area contributed by atoms with Gasteiger partial charge in [-0.3, -0.25) is 28.0 Å². The highest BCUT2D eigenvalue weighted by Crippen LogP contribution is 2.54. The van der Waals surface area contributed by atoms with E-state index in [0.29, 0.717) is 4.57 Å². The van der Waals surface area contributed by atoms with E-state index in [1.54, 1.807) is 0 Å². The third kappa shape index (κ3) is 5.04. The number of ether oxygens (including phenoxy) is 2. The maximum atomic E-state index is 13.0. The first-order chi connectivity index (χ1) is 17.4. The van der Waals surface area contributed by atoms with Crippen molar-refractivity contribution in [2.24, 2.45) is 0 Å². The first-order valence-corrected chi connectivity index (χ1v) is 12.3. The fourth-order valence-corrected chi connectivity index (χ4v) is 5.41. The molecule has 0 spiro atoms. The van der Waals surface area contributed by atoms with Crippen LogP contribution in [0.15, 0.2) is 38.9 Å². The Morgan fingerprint density at radius 2 is 1.73 bits per heavy atom. The van der Waals surface area contributed by atoms with Crippen molar-refractivity contribution in [3.8, 4) is 0 Å². The summed E-state index contributed by atoms with van der Waals surface area (Å²) in [4.78, 5) is 51.3. The number of hydrogen-bond acceptors (Lipinski definition) is 14. The third-order valence-electron chi connectivity index (χ3n) is 5.92. The predicted molar refractivity (Wildman–Crippen MR) is 118 cm³/mol. The van der Waals surface area contributed by atoms with Crippen LogP contribution in [0.1, 0.15) is 12.5 Å². The quantitative estimate of drug-likeness (QED) is 0.150. The average molecular weight is 549 g/mol. The second-order valence-corrected chi connectivity index (χ2v) is 10.2. The zero-order valence-electron chi connectivity index (χ0n) is 18.6. The normalized spacial score (nSPS) is 34.3. The second kappa shape index (κ2) is 10.2. The summed E-state index contributed by atoms with van der Waals surface area (Å²) in [5.41, 5.74) is 2.70. The van der Waals surface area contributed by atoms with Crippen molar-refractivity contribution in [1.82, 2.24) is 19.1 Å². The fourth-order valence-electron chi connectivity index (χ4n) is 4.06. The van der Waals surface area contributed by atoms with Crippen LogP contribution in [0.2, 0.25) is 0 Å². The van der Waals surface area contributed by atoms with Crippen molar-refractivity contribution in [3.63, 3.8) is 0 Å². The van der Waals surface area contributed by atoms with Gasteiger partial charge in [0.25, 0.3) is 5.56 Å². The van der Waals surface area contributed by atoms with Gasteiger partial charge in [0.1, 0.15) is 42.4 Å². The SMILES string of the molecule is Nc1ccn([C@@H]2O[C@H](CO)[C@@H](OP(=O)(O)C(O)[C@H]3O[C@@H](n4ccc(=O)[nH]c4=O)[C@H](O)[C@@H]3O)[C@H]2O)c(=O)n1. The Morgan fingerprint density at radius 1 is 1.08 bits per heavy atom. The van der Waals surface area contributed by atoms with Crippen LogP contribution >= 0.6 is 7.60 Å². The molecule has 9 N–H and O–H groups in total. The van der Waals surface area contributed by atoms with Gasteiger partial charge in [0.2, 0.25) is 0 Å². The third-order valence-corrected chi connectivity index (χ3v) is 7.42. The average Bonchev–Trinajstić information content (AvgIpc) is 3.29. The van der Waals surface area contributed by atoms with Gasteiger partial charge in [-0.15, -0.1) is 0 Å². The number of hydrogen-bond donors (Lipinski definition) is 8. The Hall–Kier alpha value is -2.77. The van der Waals surface area contributed by atoms with Crippen molar-refractivity contribution >= 4 is 13.4 Å². The van der Waals surface area contributed by atoms with E-state index < -0.39 is 86.1 Å². The van der Waals surface area contributed by atoms with Crippen LogP contribution < -0.4 is 22.7 Å². The van der Waals surface area contributed by atoms with Gasteiger partial charge in [-0.05, 0) is 6.07 Å². The van der Waals surface area contributed by atoms with Crippen LogP contribution in [-0.4, -0.2) is 98.6 Å². The molecule has 10 atom stereocenters. The van der Waals surface area contributed by atoms with E-state index in [9.17, 15) is 49.4 Å². The van der Waals surface area contributed by atoms with Gasteiger partial charge in [0.15, 0.2) is 18.3 Å². The molecule has 2 saturated heterocycles. The lowest BCUT2D eigenvalue weighted by atomic mass is 10.1. The zero-order valence-corrected chi connectivity index (χ0v) is 19.5. The van der Waals surface area contributed by atoms with Crippen molar-refractivity contribution in [3.05, 3.63) is 55.8 Å². The number of nitrogens with one attached hydrogen (secondary N) is 1. The molecule has 4 rings (SSSR count). The molecule has 0 radical (unpaired) electrons. The molecule has 2 aliphatic rings. The number of aromatic nitrogens is 4. The van der Waals surface area contributed by atoms with Crippen molar-refractivity contribution in [2.75, 3.05) is 12.3 Å². The first kappa shape index (κ1) is 27.3. The van der Waals surface area contributed by atoms with Gasteiger partial charge in [-0.1, -0.05) is 0 Å². The number of aliphatic hydroxyl groups excluding tert-OH is 5. The number of aliphatic hydroxyl groups is 5. The zero-order chi connectivity index (χ0) is 27.2. The summed E-state index contributed by atoms with van der Waals surface area (Å²) in [5, 5.41) is 51.5. The number of anilines is 1. The molecule has 2 fully saturated rings. The molecule has 204 valence electrons. The minimum atomic E-state index is -5.27. The summed E-state index contributed by atoms with van der Waals surface area (Å²) in [6, 6.07) is 2.14. The minimum Gasteiger partial charge on any atom is -0.394 e. The molecule has 2 aromatic heterocycles. The number of H-pyrrole nitrogens is 1. The van der Waals surface area contributed by atoms with E-state index in [0.717, 1.165) is 23.0 Å². The van der Waals surface area contributed by atoms with Gasteiger partial charge < -0.3 is 45.6 Å². The summed E-state index contributed by atoms with van der Waals surface area (Å²) >= 11 is 0. The maximum absolute atomic E-state index is 13.0. The molecule has 0 bridgehead atoms. The summed E-state index contributed by atoms with van der Waals surface area (Å²) in [7, 11) is -5.27. The van der Waals surface area contributed by atoms with Crippen LogP contribution in [0.25, 0.3) is 0 Å². The molecule has 2 unspecified atom stereocenters. The van der Waals surface area contributed by atoms with Crippen LogP contribution in [0.5, 0.6) is 0 Å². The number of nitrogens with zero attached hydrogens (tertiary/aromatic N) is 3. The van der Waals surface area contributed by atoms with Gasteiger partial charge in [-0.25, -0.2) is 9.59 Å². The predicted octanol–water partition coefficient (Wildman–Crippen LogP) is -4.87. The van der Waals surface area contributed by atoms with E-state index in [-0.39, 0.29) is 5.82 Å². The molecule has 0 aliphatic carbocycles. The molecule has 0 amide bonds. The Bertz CT molecular complexity index is 1360. The summed E-state index contributed by atoms with van der Waals surface area (Å²) in [5.74, 6) is -2.66. The molecular weight excluding hydrogens is 525 g/mol. The monoisotopic (exact) mass is 549 g/mol. The Balaban J connectivity index is 1.54. The largest absolute Gasteiger partial charge is 0.394 e. The van der Waals surface area contributed by atoms with Crippen molar-refractivity contribution < 1.29 is 49.0 Å². The smallest absolute Gasteiger partial charge is 0.359 e. The highest BCUT2D eigenvalue weighted by molar-refractivity contribution is 7.53. The number of aromatic amines is 1. The topological polar surface area (TPSA) is 282 Å². The van der Waals surface area contributed by atoms with Gasteiger partial charge in [-0.2, -0.15) is 4.98 Å². The van der Waals surface area contributed by atoms with E-state index in [2.05, 4.69) is 4.98 Å². The minimum absolute atomic E-state index is 0.122. The summed E-state index contributed by atoms with van der Waals surface area (Å²) < 4.78 is 30.2. The molecule has 37 heavy (non-hydrogen) atoms. The van der Waals surface area contributed by atoms with Crippen LogP contribution in [0.4, 0.5) is 5.82 Å². The first-order valence-electron chi connectivity index (χ1n) is 10.7. The molecule has 0 aromatic carbocycles. The summed E-state index contributed by atoms with van der Waals surface area (Å²) in [6.45, 7) is -0.843. The fraction of sp³-hybridized carbons (Fsp3) is 0.556. The highest BCUT2D eigenvalue weighted by atomic mass is 31.2. The molecule has 2 aromatic rings. The van der Waals surface area contributed by atoms with Crippen LogP contribution in [0, 0.1) is 0 Å². The van der Waals surface area contributed by atoms with E-state index in [4.69, 9.17) is 19.7 Å². The lowest BCUT2D eigenvalue weighted by Crippen LogP contribution is -2.42. The van der Waals surface area contributed by atoms with Crippen LogP contribution in [-0.2, 0) is 18.6 Å². The molecule has 0 saturated carbocycles. The van der Waals surface area contributed by atoms with E-state index in [1.807, 2.05) is 4.98 Å². The lowest BCUT2D eigenvalue weighted by molar-refractivity contribution is -0.0748. The van der Waals surface area contributed by atoms with Gasteiger partial charge in [0, 0.05) is 18.5 Å². The Labute approximate surface area is 205 Å². The van der Waals surface area contributed by atoms with Gasteiger partial charge >= 0.3 is 19.0 Å². The molecular formula is C18H24N5O13P. The Morgan fingerprint density at radius 3 is 2.35 bits per heavy atom. The highest BCUT2D eigenvalue weighted by Gasteiger charge is 2.55. The number of rotatable bonds is 7. The molecule has 18 nitrogen and oxygen atoms in total. The second-order valence-electron chi connectivity index (χ2n) is 8.32.